The molecule has 2 aromatic carbocycles. The van der Waals surface area contributed by atoms with E-state index in [4.69, 9.17) is 10.5 Å². The average molecular weight is 337 g/mol. The predicted octanol–water partition coefficient (Wildman–Crippen LogP) is 2.92. The SMILES string of the molecule is COc1cccc(C(C)NC(=O)[C@@H](N)Cc2c[nH]c3ccccc23)c1. The van der Waals surface area contributed by atoms with Crippen molar-refractivity contribution < 1.29 is 9.53 Å². The normalized spacial score (nSPS) is 13.4. The van der Waals surface area contributed by atoms with Gasteiger partial charge in [0.1, 0.15) is 5.75 Å². The van der Waals surface area contributed by atoms with Crippen LogP contribution in [0.3, 0.4) is 0 Å². The summed E-state index contributed by atoms with van der Waals surface area (Å²) >= 11 is 0. The van der Waals surface area contributed by atoms with E-state index in [0.29, 0.717) is 6.42 Å². The van der Waals surface area contributed by atoms with Crippen molar-refractivity contribution in [1.82, 2.24) is 10.3 Å². The second-order valence-corrected chi connectivity index (χ2v) is 6.18. The molecule has 0 saturated heterocycles. The van der Waals surface area contributed by atoms with E-state index >= 15 is 0 Å². The molecule has 0 aliphatic carbocycles. The number of hydrogen-bond donors (Lipinski definition) is 3. The van der Waals surface area contributed by atoms with Crippen molar-refractivity contribution in [3.8, 4) is 5.75 Å². The van der Waals surface area contributed by atoms with Crippen LogP contribution in [-0.4, -0.2) is 24.0 Å². The maximum atomic E-state index is 12.5. The van der Waals surface area contributed by atoms with E-state index in [-0.39, 0.29) is 11.9 Å². The van der Waals surface area contributed by atoms with E-state index in [0.717, 1.165) is 27.8 Å². The van der Waals surface area contributed by atoms with Gasteiger partial charge < -0.3 is 20.8 Å². The van der Waals surface area contributed by atoms with Gasteiger partial charge in [-0.05, 0) is 42.7 Å². The van der Waals surface area contributed by atoms with Gasteiger partial charge in [-0.25, -0.2) is 0 Å². The number of rotatable bonds is 6. The molecule has 0 spiro atoms. The van der Waals surface area contributed by atoms with Gasteiger partial charge in [-0.3, -0.25) is 4.79 Å². The summed E-state index contributed by atoms with van der Waals surface area (Å²) < 4.78 is 5.23. The maximum Gasteiger partial charge on any atom is 0.237 e. The van der Waals surface area contributed by atoms with Crippen LogP contribution in [0.1, 0.15) is 24.1 Å². The van der Waals surface area contributed by atoms with E-state index in [2.05, 4.69) is 10.3 Å². The van der Waals surface area contributed by atoms with Gasteiger partial charge in [-0.2, -0.15) is 0 Å². The van der Waals surface area contributed by atoms with Crippen LogP contribution in [0.4, 0.5) is 0 Å². The van der Waals surface area contributed by atoms with E-state index in [1.165, 1.54) is 0 Å². The molecule has 4 N–H and O–H groups in total. The number of carbonyl (C=O) groups excluding carboxylic acids is 1. The number of aromatic amines is 1. The van der Waals surface area contributed by atoms with Crippen LogP contribution >= 0.6 is 0 Å². The zero-order valence-electron chi connectivity index (χ0n) is 14.5. The lowest BCUT2D eigenvalue weighted by Gasteiger charge is -2.18. The first-order valence-corrected chi connectivity index (χ1v) is 8.33. The number of nitrogens with two attached hydrogens (primary N) is 1. The van der Waals surface area contributed by atoms with Gasteiger partial charge in [0.25, 0.3) is 0 Å². The van der Waals surface area contributed by atoms with Gasteiger partial charge in [0, 0.05) is 17.1 Å². The molecule has 3 aromatic rings. The highest BCUT2D eigenvalue weighted by Gasteiger charge is 2.18. The monoisotopic (exact) mass is 337 g/mol. The molecule has 1 heterocycles. The second-order valence-electron chi connectivity index (χ2n) is 6.18. The Bertz CT molecular complexity index is 872. The van der Waals surface area contributed by atoms with Gasteiger partial charge in [0.15, 0.2) is 0 Å². The van der Waals surface area contributed by atoms with E-state index in [1.807, 2.05) is 61.7 Å². The zero-order chi connectivity index (χ0) is 17.8. The fraction of sp³-hybridized carbons (Fsp3) is 0.250. The summed E-state index contributed by atoms with van der Waals surface area (Å²) in [7, 11) is 1.62. The molecule has 5 nitrogen and oxygen atoms in total. The first-order chi connectivity index (χ1) is 12.1. The number of aromatic nitrogens is 1. The van der Waals surface area contributed by atoms with Crippen molar-refractivity contribution in [3.05, 3.63) is 65.9 Å². The molecule has 1 aromatic heterocycles. The summed E-state index contributed by atoms with van der Waals surface area (Å²) in [6.45, 7) is 1.94. The van der Waals surface area contributed by atoms with Crippen LogP contribution in [0.2, 0.25) is 0 Å². The number of hydrogen-bond acceptors (Lipinski definition) is 3. The number of amides is 1. The molecule has 2 atom stereocenters. The first-order valence-electron chi connectivity index (χ1n) is 8.33. The van der Waals surface area contributed by atoms with E-state index in [1.54, 1.807) is 7.11 Å². The molecule has 25 heavy (non-hydrogen) atoms. The predicted molar refractivity (Wildman–Crippen MR) is 99.5 cm³/mol. The molecular weight excluding hydrogens is 314 g/mol. The Morgan fingerprint density at radius 2 is 2.04 bits per heavy atom. The Morgan fingerprint density at radius 1 is 1.24 bits per heavy atom. The third kappa shape index (κ3) is 3.83. The molecule has 1 amide bonds. The lowest BCUT2D eigenvalue weighted by molar-refractivity contribution is -0.123. The highest BCUT2D eigenvalue weighted by Crippen LogP contribution is 2.20. The molecule has 0 aliphatic rings. The number of carbonyl (C=O) groups is 1. The van der Waals surface area contributed by atoms with Crippen molar-refractivity contribution in [2.75, 3.05) is 7.11 Å². The summed E-state index contributed by atoms with van der Waals surface area (Å²) in [6, 6.07) is 14.9. The average Bonchev–Trinajstić information content (AvgIpc) is 3.04. The van der Waals surface area contributed by atoms with Gasteiger partial charge in [-0.1, -0.05) is 30.3 Å². The molecule has 0 saturated carbocycles. The topological polar surface area (TPSA) is 80.1 Å². The Balaban J connectivity index is 1.66. The van der Waals surface area contributed by atoms with Crippen molar-refractivity contribution in [2.45, 2.75) is 25.4 Å². The number of ether oxygens (including phenoxy) is 1. The minimum absolute atomic E-state index is 0.142. The standard InChI is InChI=1S/C20H23N3O2/c1-13(14-6-5-7-16(10-14)25-2)23-20(24)18(21)11-15-12-22-19-9-4-3-8-17(15)19/h3-10,12-13,18,22H,11,21H2,1-2H3,(H,23,24)/t13?,18-/m0/s1. The minimum Gasteiger partial charge on any atom is -0.497 e. The summed E-state index contributed by atoms with van der Waals surface area (Å²) in [6.07, 6.45) is 2.41. The Hall–Kier alpha value is -2.79. The van der Waals surface area contributed by atoms with Crippen LogP contribution in [0.5, 0.6) is 5.75 Å². The van der Waals surface area contributed by atoms with Gasteiger partial charge >= 0.3 is 0 Å². The van der Waals surface area contributed by atoms with Crippen molar-refractivity contribution in [3.63, 3.8) is 0 Å². The molecule has 0 aliphatic heterocycles. The summed E-state index contributed by atoms with van der Waals surface area (Å²) in [5.41, 5.74) is 9.21. The molecule has 130 valence electrons. The van der Waals surface area contributed by atoms with Crippen LogP contribution in [-0.2, 0) is 11.2 Å². The smallest absolute Gasteiger partial charge is 0.237 e. The number of methoxy groups -OCH3 is 1. The minimum atomic E-state index is -0.604. The largest absolute Gasteiger partial charge is 0.497 e. The van der Waals surface area contributed by atoms with Crippen molar-refractivity contribution in [1.29, 1.82) is 0 Å². The highest BCUT2D eigenvalue weighted by molar-refractivity contribution is 5.86. The number of fused-ring (bicyclic) bond motifs is 1. The zero-order valence-corrected chi connectivity index (χ0v) is 14.5. The molecule has 0 bridgehead atoms. The lowest BCUT2D eigenvalue weighted by Crippen LogP contribution is -2.42. The summed E-state index contributed by atoms with van der Waals surface area (Å²) in [5, 5.41) is 4.08. The van der Waals surface area contributed by atoms with Gasteiger partial charge in [0.05, 0.1) is 19.2 Å². The lowest BCUT2D eigenvalue weighted by atomic mass is 10.0. The molecule has 5 heteroatoms. The number of para-hydroxylation sites is 1. The molecular formula is C20H23N3O2. The van der Waals surface area contributed by atoms with Crippen LogP contribution < -0.4 is 15.8 Å². The summed E-state index contributed by atoms with van der Waals surface area (Å²) in [4.78, 5) is 15.7. The molecule has 1 unspecified atom stereocenters. The quantitative estimate of drug-likeness (QED) is 0.647. The van der Waals surface area contributed by atoms with Crippen LogP contribution in [0.25, 0.3) is 10.9 Å². The fourth-order valence-electron chi connectivity index (χ4n) is 2.94. The first kappa shape index (κ1) is 17.0. The van der Waals surface area contributed by atoms with Crippen LogP contribution in [0.15, 0.2) is 54.7 Å². The van der Waals surface area contributed by atoms with E-state index < -0.39 is 6.04 Å². The third-order valence-electron chi connectivity index (χ3n) is 4.40. The third-order valence-corrected chi connectivity index (χ3v) is 4.40. The van der Waals surface area contributed by atoms with Gasteiger partial charge in [0.2, 0.25) is 5.91 Å². The Morgan fingerprint density at radius 3 is 2.84 bits per heavy atom. The highest BCUT2D eigenvalue weighted by atomic mass is 16.5. The molecule has 0 fully saturated rings. The fourth-order valence-corrected chi connectivity index (χ4v) is 2.94. The number of benzene rings is 2. The number of nitrogens with one attached hydrogen (secondary N) is 2. The Kier molecular flexibility index (Phi) is 5.05. The Labute approximate surface area is 147 Å². The summed E-state index contributed by atoms with van der Waals surface area (Å²) in [5.74, 6) is 0.599. The van der Waals surface area contributed by atoms with Gasteiger partial charge in [-0.15, -0.1) is 0 Å². The van der Waals surface area contributed by atoms with Crippen molar-refractivity contribution >= 4 is 16.8 Å². The maximum absolute atomic E-state index is 12.5. The number of H-pyrrole nitrogens is 1. The van der Waals surface area contributed by atoms with E-state index in [9.17, 15) is 4.79 Å². The van der Waals surface area contributed by atoms with Crippen molar-refractivity contribution in [2.24, 2.45) is 5.73 Å². The molecule has 3 rings (SSSR count). The van der Waals surface area contributed by atoms with Crippen LogP contribution in [0, 0.1) is 0 Å². The molecule has 0 radical (unpaired) electrons. The second kappa shape index (κ2) is 7.40.